The third-order valence-corrected chi connectivity index (χ3v) is 7.88. The molecule has 1 aliphatic rings. The number of aryl methyl sites for hydroxylation is 1. The fraction of sp³-hybridized carbons (Fsp3) is 0.160. The molecule has 0 fully saturated rings. The van der Waals surface area contributed by atoms with E-state index in [4.69, 9.17) is 16.3 Å². The van der Waals surface area contributed by atoms with Crippen LogP contribution in [0.4, 0.5) is 5.69 Å². The molecule has 0 spiro atoms. The molecule has 1 aromatic heterocycles. The van der Waals surface area contributed by atoms with Gasteiger partial charge in [0.05, 0.1) is 21.9 Å². The summed E-state index contributed by atoms with van der Waals surface area (Å²) in [6, 6.07) is 21.7. The molecule has 0 unspecified atom stereocenters. The Morgan fingerprint density at radius 2 is 1.88 bits per heavy atom. The van der Waals surface area contributed by atoms with Crippen molar-refractivity contribution in [3.63, 3.8) is 0 Å². The number of nitrogens with zero attached hydrogens (tertiary/aromatic N) is 2. The van der Waals surface area contributed by atoms with Crippen molar-refractivity contribution in [1.82, 2.24) is 0 Å². The van der Waals surface area contributed by atoms with Gasteiger partial charge in [-0.15, -0.1) is 0 Å². The van der Waals surface area contributed by atoms with Crippen molar-refractivity contribution in [3.8, 4) is 16.9 Å². The summed E-state index contributed by atoms with van der Waals surface area (Å²) >= 11 is 7.79. The minimum Gasteiger partial charge on any atom is -0.748 e. The van der Waals surface area contributed by atoms with E-state index in [9.17, 15) is 13.0 Å². The molecule has 2 heterocycles. The molecule has 6 nitrogen and oxygen atoms in total. The first-order valence-corrected chi connectivity index (χ1v) is 13.4. The van der Waals surface area contributed by atoms with E-state index in [-0.39, 0.29) is 6.42 Å². The zero-order valence-corrected chi connectivity index (χ0v) is 20.7. The van der Waals surface area contributed by atoms with Crippen molar-refractivity contribution >= 4 is 55.0 Å². The summed E-state index contributed by atoms with van der Waals surface area (Å²) in [6.45, 7) is 0.332. The predicted molar refractivity (Wildman–Crippen MR) is 135 cm³/mol. The van der Waals surface area contributed by atoms with Crippen LogP contribution in [0.1, 0.15) is 11.4 Å². The summed E-state index contributed by atoms with van der Waals surface area (Å²) in [5.74, 6) is 0.833. The number of aromatic nitrogens is 1. The molecule has 3 aromatic carbocycles. The lowest BCUT2D eigenvalue weighted by Gasteiger charge is -2.19. The maximum Gasteiger partial charge on any atom is 0.267 e. The second kappa shape index (κ2) is 9.03. The van der Waals surface area contributed by atoms with Crippen LogP contribution in [-0.2, 0) is 17.2 Å². The number of rotatable bonds is 6. The number of anilines is 1. The van der Waals surface area contributed by atoms with Crippen LogP contribution in [0.2, 0.25) is 5.02 Å². The van der Waals surface area contributed by atoms with E-state index >= 15 is 0 Å². The molecule has 0 atom stereocenters. The smallest absolute Gasteiger partial charge is 0.267 e. The second-order valence-corrected chi connectivity index (χ2v) is 11.0. The normalized spacial score (nSPS) is 14.6. The van der Waals surface area contributed by atoms with Gasteiger partial charge in [-0.1, -0.05) is 59.3 Å². The number of halogens is 1. The number of benzene rings is 3. The molecule has 5 rings (SSSR count). The molecule has 4 aromatic rings. The molecule has 0 radical (unpaired) electrons. The van der Waals surface area contributed by atoms with E-state index in [1.807, 2.05) is 89.3 Å². The van der Waals surface area contributed by atoms with Crippen molar-refractivity contribution in [2.24, 2.45) is 7.05 Å². The Kier molecular flexibility index (Phi) is 6.07. The van der Waals surface area contributed by atoms with E-state index in [1.165, 1.54) is 0 Å². The lowest BCUT2D eigenvalue weighted by Crippen LogP contribution is -2.30. The summed E-state index contributed by atoms with van der Waals surface area (Å²) in [5.41, 5.74) is 3.93. The Labute approximate surface area is 207 Å². The van der Waals surface area contributed by atoms with Gasteiger partial charge in [0.25, 0.3) is 5.01 Å². The molecule has 0 saturated heterocycles. The molecule has 9 heteroatoms. The zero-order valence-electron chi connectivity index (χ0n) is 18.3. The van der Waals surface area contributed by atoms with E-state index in [2.05, 4.69) is 0 Å². The molecule has 0 aliphatic carbocycles. The summed E-state index contributed by atoms with van der Waals surface area (Å²) in [7, 11) is -2.34. The zero-order chi connectivity index (χ0) is 23.9. The SMILES string of the molecule is C[n+]1c(C=C2Oc3ccc(-c4ccccc4)cc3N2CCCS(=O)(=O)[O-])sc2ccc(Cl)cc21. The predicted octanol–water partition coefficient (Wildman–Crippen LogP) is 5.18. The van der Waals surface area contributed by atoms with Crippen molar-refractivity contribution in [2.45, 2.75) is 6.42 Å². The fourth-order valence-electron chi connectivity index (χ4n) is 4.02. The number of fused-ring (bicyclic) bond motifs is 2. The molecule has 0 amide bonds. The van der Waals surface area contributed by atoms with Gasteiger partial charge >= 0.3 is 0 Å². The van der Waals surface area contributed by atoms with Crippen molar-refractivity contribution in [2.75, 3.05) is 17.2 Å². The second-order valence-electron chi connectivity index (χ2n) is 8.01. The van der Waals surface area contributed by atoms with Gasteiger partial charge < -0.3 is 14.2 Å². The van der Waals surface area contributed by atoms with Crippen LogP contribution in [0, 0.1) is 0 Å². The molecule has 1 aliphatic heterocycles. The van der Waals surface area contributed by atoms with Crippen LogP contribution >= 0.6 is 22.9 Å². The molecule has 0 saturated carbocycles. The molecule has 174 valence electrons. The number of hydrogen-bond donors (Lipinski definition) is 0. The Morgan fingerprint density at radius 1 is 1.09 bits per heavy atom. The Bertz CT molecular complexity index is 1510. The highest BCUT2D eigenvalue weighted by Gasteiger charge is 2.29. The minimum absolute atomic E-state index is 0.190. The average molecular weight is 513 g/mol. The fourth-order valence-corrected chi connectivity index (χ4v) is 5.73. The monoisotopic (exact) mass is 512 g/mol. The first-order valence-electron chi connectivity index (χ1n) is 10.7. The van der Waals surface area contributed by atoms with Gasteiger partial charge in [0, 0.05) is 23.4 Å². The highest BCUT2D eigenvalue weighted by molar-refractivity contribution is 7.85. The van der Waals surface area contributed by atoms with Crippen molar-refractivity contribution in [1.29, 1.82) is 0 Å². The minimum atomic E-state index is -4.30. The summed E-state index contributed by atoms with van der Waals surface area (Å²) < 4.78 is 42.9. The number of ether oxygens (including phenoxy) is 1. The largest absolute Gasteiger partial charge is 0.748 e. The summed E-state index contributed by atoms with van der Waals surface area (Å²) in [4.78, 5) is 1.93. The molecule has 0 bridgehead atoms. The van der Waals surface area contributed by atoms with Gasteiger partial charge in [-0.05, 0) is 41.8 Å². The van der Waals surface area contributed by atoms with Crippen molar-refractivity contribution in [3.05, 3.63) is 82.6 Å². The summed E-state index contributed by atoms with van der Waals surface area (Å²) in [6.07, 6.45) is 2.13. The standard InChI is InChI=1S/C25H21ClN2O4S2/c1-27-21-15-19(26)9-11-23(21)33-25(27)16-24-28(12-5-13-34(29,30)31)20-14-18(8-10-22(20)32-24)17-6-3-2-4-7-17/h2-4,6-11,14-16H,5,12-13H2,1H3. The van der Waals surface area contributed by atoms with Crippen LogP contribution < -0.4 is 14.2 Å². The van der Waals surface area contributed by atoms with Crippen molar-refractivity contribution < 1.29 is 22.3 Å². The van der Waals surface area contributed by atoms with Crippen LogP contribution in [0.3, 0.4) is 0 Å². The first-order chi connectivity index (χ1) is 16.3. The van der Waals surface area contributed by atoms with Gasteiger partial charge in [-0.3, -0.25) is 0 Å². The third kappa shape index (κ3) is 4.67. The van der Waals surface area contributed by atoms with Gasteiger partial charge in [-0.2, -0.15) is 4.57 Å². The van der Waals surface area contributed by atoms with E-state index in [1.54, 1.807) is 11.3 Å². The van der Waals surface area contributed by atoms with Crippen LogP contribution in [0.25, 0.3) is 27.4 Å². The maximum atomic E-state index is 11.2. The van der Waals surface area contributed by atoms with Crippen LogP contribution in [0.15, 0.2) is 72.6 Å². The van der Waals surface area contributed by atoms with Crippen LogP contribution in [0.5, 0.6) is 5.75 Å². The van der Waals surface area contributed by atoms with Gasteiger partial charge in [0.1, 0.15) is 11.7 Å². The Balaban J connectivity index is 1.55. The third-order valence-electron chi connectivity index (χ3n) is 5.69. The lowest BCUT2D eigenvalue weighted by atomic mass is 10.0. The van der Waals surface area contributed by atoms with E-state index < -0.39 is 15.9 Å². The lowest BCUT2D eigenvalue weighted by molar-refractivity contribution is -0.642. The summed E-state index contributed by atoms with van der Waals surface area (Å²) in [5, 5.41) is 1.61. The average Bonchev–Trinajstić information content (AvgIpc) is 3.30. The molecular weight excluding hydrogens is 492 g/mol. The first kappa shape index (κ1) is 22.9. The topological polar surface area (TPSA) is 73.5 Å². The van der Waals surface area contributed by atoms with Crippen LogP contribution in [-0.4, -0.2) is 25.3 Å². The number of hydrogen-bond acceptors (Lipinski definition) is 6. The van der Waals surface area contributed by atoms with Gasteiger partial charge in [-0.25, -0.2) is 8.42 Å². The molecule has 34 heavy (non-hydrogen) atoms. The molecular formula is C25H21ClN2O4S2. The highest BCUT2D eigenvalue weighted by atomic mass is 35.5. The Morgan fingerprint density at radius 3 is 2.65 bits per heavy atom. The van der Waals surface area contributed by atoms with Gasteiger partial charge in [0.15, 0.2) is 5.75 Å². The van der Waals surface area contributed by atoms with Gasteiger partial charge in [0.2, 0.25) is 11.4 Å². The van der Waals surface area contributed by atoms with E-state index in [0.717, 1.165) is 32.0 Å². The highest BCUT2D eigenvalue weighted by Crippen LogP contribution is 2.42. The Hall–Kier alpha value is -2.91. The quantitative estimate of drug-likeness (QED) is 0.263. The number of thiazole rings is 1. The maximum absolute atomic E-state index is 11.2. The molecule has 0 N–H and O–H groups in total. The van der Waals surface area contributed by atoms with E-state index in [0.29, 0.717) is 23.2 Å².